The molecule has 6 nitrogen and oxygen atoms in total. The van der Waals surface area contributed by atoms with Gasteiger partial charge in [0, 0.05) is 6.07 Å². The van der Waals surface area contributed by atoms with Gasteiger partial charge in [-0.2, -0.15) is 0 Å². The predicted molar refractivity (Wildman–Crippen MR) is 117 cm³/mol. The van der Waals surface area contributed by atoms with Crippen LogP contribution in [0.4, 0.5) is 5.69 Å². The van der Waals surface area contributed by atoms with Crippen LogP contribution in [0.1, 0.15) is 21.5 Å². The van der Waals surface area contributed by atoms with E-state index in [4.69, 9.17) is 4.74 Å². The first-order chi connectivity index (χ1) is 14.5. The lowest BCUT2D eigenvalue weighted by atomic mass is 10.1. The van der Waals surface area contributed by atoms with Crippen molar-refractivity contribution in [3.63, 3.8) is 0 Å². The topological polar surface area (TPSA) is 82.3 Å². The van der Waals surface area contributed by atoms with Gasteiger partial charge in [-0.1, -0.05) is 47.7 Å². The Morgan fingerprint density at radius 3 is 2.73 bits per heavy atom. The summed E-state index contributed by atoms with van der Waals surface area (Å²) in [5.41, 5.74) is 2.79. The number of benzene rings is 3. The maximum absolute atomic E-state index is 12.2. The second kappa shape index (κ2) is 8.64. The molecule has 0 aliphatic carbocycles. The summed E-state index contributed by atoms with van der Waals surface area (Å²) >= 11 is 2.75. The third-order valence-electron chi connectivity index (χ3n) is 4.32. The van der Waals surface area contributed by atoms with Crippen molar-refractivity contribution in [2.24, 2.45) is 0 Å². The van der Waals surface area contributed by atoms with Gasteiger partial charge >= 0.3 is 5.97 Å². The number of para-hydroxylation sites is 1. The van der Waals surface area contributed by atoms with Gasteiger partial charge in [0.1, 0.15) is 6.61 Å². The molecule has 0 bridgehead atoms. The number of nitro groups is 1. The number of aryl methyl sites for hydroxylation is 1. The van der Waals surface area contributed by atoms with Crippen molar-refractivity contribution in [1.82, 2.24) is 4.98 Å². The predicted octanol–water partition coefficient (Wildman–Crippen LogP) is 6.02. The Morgan fingerprint density at radius 2 is 1.97 bits per heavy atom. The first kappa shape index (κ1) is 20.1. The van der Waals surface area contributed by atoms with Gasteiger partial charge in [-0.15, -0.1) is 11.3 Å². The summed E-state index contributed by atoms with van der Waals surface area (Å²) in [7, 11) is 0. The van der Waals surface area contributed by atoms with Gasteiger partial charge in [-0.3, -0.25) is 10.1 Å². The Kier molecular flexibility index (Phi) is 5.78. The fraction of sp³-hybridized carbons (Fsp3) is 0.0909. The molecule has 150 valence electrons. The smallest absolute Gasteiger partial charge is 0.338 e. The number of hydrogen-bond acceptors (Lipinski definition) is 7. The van der Waals surface area contributed by atoms with Crippen LogP contribution in [0.25, 0.3) is 10.2 Å². The Morgan fingerprint density at radius 1 is 1.13 bits per heavy atom. The maximum Gasteiger partial charge on any atom is 0.338 e. The number of aromatic nitrogens is 1. The minimum atomic E-state index is -0.464. The van der Waals surface area contributed by atoms with Crippen molar-refractivity contribution in [3.05, 3.63) is 93.5 Å². The zero-order valence-corrected chi connectivity index (χ0v) is 17.5. The van der Waals surface area contributed by atoms with Crippen LogP contribution < -0.4 is 0 Å². The number of esters is 1. The molecule has 0 aliphatic rings. The van der Waals surface area contributed by atoms with Gasteiger partial charge in [0.2, 0.25) is 0 Å². The average molecular weight is 437 g/mol. The molecule has 0 amide bonds. The van der Waals surface area contributed by atoms with Crippen LogP contribution in [0.15, 0.2) is 76.0 Å². The third kappa shape index (κ3) is 4.50. The number of thiazole rings is 1. The molecule has 0 aliphatic heterocycles. The third-order valence-corrected chi connectivity index (χ3v) is 6.48. The van der Waals surface area contributed by atoms with Crippen molar-refractivity contribution in [1.29, 1.82) is 0 Å². The molecule has 4 rings (SSSR count). The van der Waals surface area contributed by atoms with E-state index >= 15 is 0 Å². The molecule has 0 unspecified atom stereocenters. The highest BCUT2D eigenvalue weighted by atomic mass is 32.2. The fourth-order valence-electron chi connectivity index (χ4n) is 2.87. The lowest BCUT2D eigenvalue weighted by Crippen LogP contribution is -2.05. The lowest BCUT2D eigenvalue weighted by Gasteiger charge is -2.07. The SMILES string of the molecule is Cc1cccc(C(=O)OCc2ccc(Sc3nc4ccccc4s3)c([N+](=O)[O-])c2)c1. The van der Waals surface area contributed by atoms with E-state index < -0.39 is 10.9 Å². The zero-order chi connectivity index (χ0) is 21.1. The molecular weight excluding hydrogens is 420 g/mol. The number of nitrogens with zero attached hydrogens (tertiary/aromatic N) is 2. The van der Waals surface area contributed by atoms with Crippen LogP contribution in [0.5, 0.6) is 0 Å². The zero-order valence-electron chi connectivity index (χ0n) is 15.9. The molecule has 0 saturated carbocycles. The molecule has 0 N–H and O–H groups in total. The first-order valence-corrected chi connectivity index (χ1v) is 10.7. The van der Waals surface area contributed by atoms with Crippen LogP contribution in [0, 0.1) is 17.0 Å². The highest BCUT2D eigenvalue weighted by molar-refractivity contribution is 8.01. The highest BCUT2D eigenvalue weighted by Crippen LogP contribution is 2.39. The van der Waals surface area contributed by atoms with E-state index in [1.165, 1.54) is 29.2 Å². The Bertz CT molecular complexity index is 1220. The summed E-state index contributed by atoms with van der Waals surface area (Å²) < 4.78 is 7.09. The molecule has 0 saturated heterocycles. The fourth-order valence-corrected chi connectivity index (χ4v) is 4.98. The van der Waals surface area contributed by atoms with Gasteiger partial charge in [-0.25, -0.2) is 9.78 Å². The molecule has 30 heavy (non-hydrogen) atoms. The molecule has 8 heteroatoms. The minimum Gasteiger partial charge on any atom is -0.457 e. The van der Waals surface area contributed by atoms with Crippen LogP contribution in [0.2, 0.25) is 0 Å². The lowest BCUT2D eigenvalue weighted by molar-refractivity contribution is -0.387. The Labute approximate surface area is 180 Å². The number of hydrogen-bond donors (Lipinski definition) is 0. The molecule has 0 spiro atoms. The normalized spacial score (nSPS) is 10.8. The number of rotatable bonds is 6. The summed E-state index contributed by atoms with van der Waals surface area (Å²) in [6.07, 6.45) is 0. The first-order valence-electron chi connectivity index (χ1n) is 9.04. The highest BCUT2D eigenvalue weighted by Gasteiger charge is 2.18. The van der Waals surface area contributed by atoms with Crippen molar-refractivity contribution in [3.8, 4) is 0 Å². The van der Waals surface area contributed by atoms with Crippen LogP contribution in [-0.2, 0) is 11.3 Å². The number of carbonyl (C=O) groups is 1. The number of ether oxygens (including phenoxy) is 1. The van der Waals surface area contributed by atoms with E-state index in [0.29, 0.717) is 16.0 Å². The van der Waals surface area contributed by atoms with E-state index in [1.807, 2.05) is 37.3 Å². The molecule has 0 fully saturated rings. The summed E-state index contributed by atoms with van der Waals surface area (Å²) in [6, 6.07) is 19.7. The minimum absolute atomic E-state index is 0.0386. The number of carbonyl (C=O) groups excluding carboxylic acids is 1. The molecule has 4 aromatic rings. The molecule has 3 aromatic carbocycles. The van der Waals surface area contributed by atoms with Crippen LogP contribution >= 0.6 is 23.1 Å². The quantitative estimate of drug-likeness (QED) is 0.209. The summed E-state index contributed by atoms with van der Waals surface area (Å²) in [5.74, 6) is -0.464. The van der Waals surface area contributed by atoms with Gasteiger partial charge in [0.15, 0.2) is 4.34 Å². The largest absolute Gasteiger partial charge is 0.457 e. The second-order valence-electron chi connectivity index (χ2n) is 6.55. The summed E-state index contributed by atoms with van der Waals surface area (Å²) in [4.78, 5) is 28.4. The van der Waals surface area contributed by atoms with Gasteiger partial charge in [0.05, 0.1) is 25.6 Å². The van der Waals surface area contributed by atoms with E-state index in [9.17, 15) is 14.9 Å². The molecule has 1 aromatic heterocycles. The second-order valence-corrected chi connectivity index (χ2v) is 8.87. The molecular formula is C22H16N2O4S2. The van der Waals surface area contributed by atoms with Crippen LogP contribution in [0.3, 0.4) is 0 Å². The Balaban J connectivity index is 1.51. The molecule has 0 atom stereocenters. The standard InChI is InChI=1S/C22H16N2O4S2/c1-14-5-4-6-16(11-14)21(25)28-13-15-9-10-20(18(12-15)24(26)27)30-22-23-17-7-2-3-8-19(17)29-22/h2-12H,13H2,1H3. The van der Waals surface area contributed by atoms with Gasteiger partial charge in [0.25, 0.3) is 5.69 Å². The van der Waals surface area contributed by atoms with Crippen molar-refractivity contribution in [2.75, 3.05) is 0 Å². The number of nitro benzene ring substituents is 1. The number of fused-ring (bicyclic) bond motifs is 1. The van der Waals surface area contributed by atoms with Crippen molar-refractivity contribution in [2.45, 2.75) is 22.8 Å². The average Bonchev–Trinajstić information content (AvgIpc) is 3.15. The summed E-state index contributed by atoms with van der Waals surface area (Å²) in [5, 5.41) is 11.6. The maximum atomic E-state index is 12.2. The Hall–Kier alpha value is -3.23. The van der Waals surface area contributed by atoms with Crippen LogP contribution in [-0.4, -0.2) is 15.9 Å². The monoisotopic (exact) mass is 436 g/mol. The van der Waals surface area contributed by atoms with E-state index in [-0.39, 0.29) is 12.3 Å². The van der Waals surface area contributed by atoms with E-state index in [1.54, 1.807) is 30.3 Å². The van der Waals surface area contributed by atoms with E-state index in [2.05, 4.69) is 4.98 Å². The van der Waals surface area contributed by atoms with Gasteiger partial charge < -0.3 is 4.74 Å². The molecule has 1 heterocycles. The van der Waals surface area contributed by atoms with Crippen molar-refractivity contribution < 1.29 is 14.5 Å². The van der Waals surface area contributed by atoms with Crippen molar-refractivity contribution >= 4 is 45.0 Å². The summed E-state index contributed by atoms with van der Waals surface area (Å²) in [6.45, 7) is 1.85. The molecule has 0 radical (unpaired) electrons. The van der Waals surface area contributed by atoms with Gasteiger partial charge in [-0.05, 0) is 42.8 Å². The van der Waals surface area contributed by atoms with E-state index in [0.717, 1.165) is 20.1 Å².